The molecule has 1 amide bonds. The standard InChI is InChI=1S/C25H27Cl2N3O7/c1-3-35-22(33)14-29-20(31)7-5-4-6-10-36-25-19(34-2)9-8-15-18(11-21(32)37-24(15)25)30-23-16(26)12-28-13-17(23)27/h8-9,11-13H,3-7,10,14H2,1-2H3,(H,28,30)(H,29,31). The van der Waals surface area contributed by atoms with Crippen LogP contribution in [0.15, 0.2) is 39.8 Å². The van der Waals surface area contributed by atoms with Crippen LogP contribution < -0.4 is 25.7 Å². The SMILES string of the molecule is CCOC(=O)CNC(=O)CCCCCOc1c(OC)ccc2c(Nc3c(Cl)cncc3Cl)cc(=O)oc12. The first-order valence-corrected chi connectivity index (χ1v) is 12.4. The van der Waals surface area contributed by atoms with Gasteiger partial charge in [0.1, 0.15) is 6.54 Å². The molecular formula is C25H27Cl2N3O7. The van der Waals surface area contributed by atoms with Gasteiger partial charge in [0, 0.05) is 30.3 Å². The van der Waals surface area contributed by atoms with Crippen LogP contribution in [-0.2, 0) is 14.3 Å². The summed E-state index contributed by atoms with van der Waals surface area (Å²) in [5.74, 6) is -0.0165. The minimum absolute atomic E-state index is 0.141. The zero-order chi connectivity index (χ0) is 26.8. The third-order valence-electron chi connectivity index (χ3n) is 5.19. The number of esters is 1. The zero-order valence-electron chi connectivity index (χ0n) is 20.4. The highest BCUT2D eigenvalue weighted by Gasteiger charge is 2.18. The maximum atomic E-state index is 12.4. The molecule has 0 radical (unpaired) electrons. The largest absolute Gasteiger partial charge is 0.493 e. The van der Waals surface area contributed by atoms with Gasteiger partial charge >= 0.3 is 11.6 Å². The van der Waals surface area contributed by atoms with Crippen LogP contribution in [0, 0.1) is 0 Å². The van der Waals surface area contributed by atoms with Gasteiger partial charge in [-0.3, -0.25) is 14.6 Å². The molecule has 0 spiro atoms. The number of amides is 1. The number of halogens is 2. The number of hydrogen-bond acceptors (Lipinski definition) is 9. The number of benzene rings is 1. The van der Waals surface area contributed by atoms with Gasteiger partial charge in [-0.05, 0) is 38.3 Å². The molecule has 3 rings (SSSR count). The normalized spacial score (nSPS) is 10.7. The quantitative estimate of drug-likeness (QED) is 0.173. The molecule has 198 valence electrons. The van der Waals surface area contributed by atoms with Crippen molar-refractivity contribution in [1.29, 1.82) is 0 Å². The fraction of sp³-hybridized carbons (Fsp3) is 0.360. The number of nitrogens with zero attached hydrogens (tertiary/aromatic N) is 1. The summed E-state index contributed by atoms with van der Waals surface area (Å²) in [6.45, 7) is 2.13. The van der Waals surface area contributed by atoms with Crippen molar-refractivity contribution in [3.8, 4) is 11.5 Å². The fourth-order valence-corrected chi connectivity index (χ4v) is 3.92. The highest BCUT2D eigenvalue weighted by atomic mass is 35.5. The summed E-state index contributed by atoms with van der Waals surface area (Å²) in [6.07, 6.45) is 5.10. The summed E-state index contributed by atoms with van der Waals surface area (Å²) in [6, 6.07) is 4.72. The van der Waals surface area contributed by atoms with E-state index in [0.717, 1.165) is 0 Å². The number of fused-ring (bicyclic) bond motifs is 1. The second-order valence-electron chi connectivity index (χ2n) is 7.80. The fourth-order valence-electron chi connectivity index (χ4n) is 3.46. The topological polar surface area (TPSA) is 129 Å². The van der Waals surface area contributed by atoms with Gasteiger partial charge in [-0.1, -0.05) is 23.2 Å². The summed E-state index contributed by atoms with van der Waals surface area (Å²) < 4.78 is 21.6. The van der Waals surface area contributed by atoms with E-state index in [2.05, 4.69) is 15.6 Å². The van der Waals surface area contributed by atoms with Crippen molar-refractivity contribution in [3.05, 3.63) is 51.1 Å². The second-order valence-corrected chi connectivity index (χ2v) is 8.61. The third-order valence-corrected chi connectivity index (χ3v) is 5.77. The number of rotatable bonds is 13. The Bertz CT molecular complexity index is 1290. The average Bonchev–Trinajstić information content (AvgIpc) is 2.87. The number of carbonyl (C=O) groups excluding carboxylic acids is 2. The molecule has 0 saturated heterocycles. The Morgan fingerprint density at radius 3 is 2.57 bits per heavy atom. The average molecular weight is 552 g/mol. The lowest BCUT2D eigenvalue weighted by atomic mass is 10.1. The van der Waals surface area contributed by atoms with Crippen LogP contribution >= 0.6 is 23.2 Å². The van der Waals surface area contributed by atoms with E-state index in [0.29, 0.717) is 48.4 Å². The van der Waals surface area contributed by atoms with Crippen molar-refractivity contribution < 1.29 is 28.2 Å². The van der Waals surface area contributed by atoms with Gasteiger partial charge in [0.05, 0.1) is 41.7 Å². The molecule has 0 fully saturated rings. The molecule has 0 aliphatic carbocycles. The van der Waals surface area contributed by atoms with Crippen LogP contribution in [0.5, 0.6) is 11.5 Å². The smallest absolute Gasteiger partial charge is 0.338 e. The summed E-state index contributed by atoms with van der Waals surface area (Å²) in [4.78, 5) is 39.4. The lowest BCUT2D eigenvalue weighted by Gasteiger charge is -2.15. The molecule has 37 heavy (non-hydrogen) atoms. The molecule has 0 aliphatic rings. The van der Waals surface area contributed by atoms with E-state index >= 15 is 0 Å². The number of ether oxygens (including phenoxy) is 3. The van der Waals surface area contributed by atoms with E-state index in [1.54, 1.807) is 19.1 Å². The lowest BCUT2D eigenvalue weighted by Crippen LogP contribution is -2.30. The number of carbonyl (C=O) groups is 2. The highest BCUT2D eigenvalue weighted by Crippen LogP contribution is 2.40. The van der Waals surface area contributed by atoms with E-state index in [1.165, 1.54) is 25.6 Å². The van der Waals surface area contributed by atoms with Crippen molar-refractivity contribution in [2.45, 2.75) is 32.6 Å². The first-order chi connectivity index (χ1) is 17.8. The summed E-state index contributed by atoms with van der Waals surface area (Å²) >= 11 is 12.4. The van der Waals surface area contributed by atoms with E-state index in [9.17, 15) is 14.4 Å². The van der Waals surface area contributed by atoms with E-state index < -0.39 is 11.6 Å². The number of anilines is 2. The number of aromatic nitrogens is 1. The third kappa shape index (κ3) is 7.74. The van der Waals surface area contributed by atoms with Crippen molar-refractivity contribution in [1.82, 2.24) is 10.3 Å². The van der Waals surface area contributed by atoms with Crippen LogP contribution in [0.4, 0.5) is 11.4 Å². The Labute approximate surface area is 223 Å². The minimum Gasteiger partial charge on any atom is -0.493 e. The molecule has 12 heteroatoms. The van der Waals surface area contributed by atoms with Crippen molar-refractivity contribution in [2.24, 2.45) is 0 Å². The Morgan fingerprint density at radius 1 is 1.11 bits per heavy atom. The van der Waals surface area contributed by atoms with Crippen molar-refractivity contribution in [3.63, 3.8) is 0 Å². The van der Waals surface area contributed by atoms with Gasteiger partial charge in [-0.15, -0.1) is 0 Å². The van der Waals surface area contributed by atoms with Gasteiger partial charge in [0.15, 0.2) is 11.3 Å². The lowest BCUT2D eigenvalue weighted by molar-refractivity contribution is -0.143. The minimum atomic E-state index is -0.608. The monoisotopic (exact) mass is 551 g/mol. The number of methoxy groups -OCH3 is 1. The molecule has 2 N–H and O–H groups in total. The molecule has 0 bridgehead atoms. The molecule has 0 atom stereocenters. The first kappa shape index (κ1) is 28.1. The van der Waals surface area contributed by atoms with Crippen molar-refractivity contribution in [2.75, 3.05) is 32.2 Å². The number of unbranched alkanes of at least 4 members (excludes halogenated alkanes) is 2. The Hall–Kier alpha value is -3.50. The van der Waals surface area contributed by atoms with Gasteiger partial charge < -0.3 is 29.3 Å². The number of pyridine rings is 1. The number of hydrogen-bond donors (Lipinski definition) is 2. The van der Waals surface area contributed by atoms with Gasteiger partial charge in [-0.25, -0.2) is 4.79 Å². The zero-order valence-corrected chi connectivity index (χ0v) is 21.9. The molecule has 2 heterocycles. The summed E-state index contributed by atoms with van der Waals surface area (Å²) in [7, 11) is 1.49. The van der Waals surface area contributed by atoms with E-state index in [-0.39, 0.29) is 46.9 Å². The molecular weight excluding hydrogens is 525 g/mol. The Morgan fingerprint density at radius 2 is 1.86 bits per heavy atom. The predicted molar refractivity (Wildman–Crippen MR) is 140 cm³/mol. The molecule has 0 aliphatic heterocycles. The van der Waals surface area contributed by atoms with Crippen LogP contribution in [0.1, 0.15) is 32.6 Å². The summed E-state index contributed by atoms with van der Waals surface area (Å²) in [5.41, 5.74) is 0.412. The second kappa shape index (κ2) is 13.7. The molecule has 0 saturated carbocycles. The van der Waals surface area contributed by atoms with E-state index in [1.807, 2.05) is 0 Å². The molecule has 10 nitrogen and oxygen atoms in total. The van der Waals surface area contributed by atoms with E-state index in [4.69, 9.17) is 41.8 Å². The van der Waals surface area contributed by atoms with Crippen LogP contribution in [-0.4, -0.2) is 43.7 Å². The maximum absolute atomic E-state index is 12.4. The van der Waals surface area contributed by atoms with Gasteiger partial charge in [-0.2, -0.15) is 0 Å². The van der Waals surface area contributed by atoms with Gasteiger partial charge in [0.2, 0.25) is 11.7 Å². The van der Waals surface area contributed by atoms with Crippen LogP contribution in [0.25, 0.3) is 11.0 Å². The molecule has 3 aromatic rings. The molecule has 2 aromatic heterocycles. The molecule has 0 unspecified atom stereocenters. The van der Waals surface area contributed by atoms with Gasteiger partial charge in [0.25, 0.3) is 0 Å². The van der Waals surface area contributed by atoms with Crippen LogP contribution in [0.2, 0.25) is 10.0 Å². The van der Waals surface area contributed by atoms with Crippen LogP contribution in [0.3, 0.4) is 0 Å². The first-order valence-electron chi connectivity index (χ1n) is 11.6. The Balaban J connectivity index is 1.66. The predicted octanol–water partition coefficient (Wildman–Crippen LogP) is 4.87. The maximum Gasteiger partial charge on any atom is 0.338 e. The van der Waals surface area contributed by atoms with Crippen molar-refractivity contribution >= 4 is 57.4 Å². The number of nitrogens with one attached hydrogen (secondary N) is 2. The Kier molecular flexibility index (Phi) is 10.4. The summed E-state index contributed by atoms with van der Waals surface area (Å²) in [5, 5.41) is 6.73. The highest BCUT2D eigenvalue weighted by molar-refractivity contribution is 6.39. The molecule has 1 aromatic carbocycles.